The Labute approximate surface area is 133 Å². The summed E-state index contributed by atoms with van der Waals surface area (Å²) in [4.78, 5) is 24.3. The second-order valence-electron chi connectivity index (χ2n) is 5.07. The summed E-state index contributed by atoms with van der Waals surface area (Å²) in [5.74, 6) is -0.818. The monoisotopic (exact) mass is 320 g/mol. The van der Waals surface area contributed by atoms with Gasteiger partial charge < -0.3 is 10.6 Å². The lowest BCUT2D eigenvalue weighted by Crippen LogP contribution is -2.35. The smallest absolute Gasteiger partial charge is 0.254 e. The maximum atomic E-state index is 12.1. The number of likely N-dealkylation sites (N-methyl/N-ethyl adjacent to an activating group) is 1. The van der Waals surface area contributed by atoms with Gasteiger partial charge in [-0.05, 0) is 38.1 Å². The van der Waals surface area contributed by atoms with E-state index in [4.69, 9.17) is 17.3 Å². The quantitative estimate of drug-likeness (QED) is 0.931. The Balaban J connectivity index is 2.25. The van der Waals surface area contributed by atoms with Crippen molar-refractivity contribution in [2.45, 2.75) is 13.8 Å². The zero-order valence-electron chi connectivity index (χ0n) is 12.6. The number of hydrogen-bond acceptors (Lipinski definition) is 3. The van der Waals surface area contributed by atoms with Crippen LogP contribution in [0.15, 0.2) is 24.3 Å². The maximum absolute atomic E-state index is 12.1. The van der Waals surface area contributed by atoms with Crippen LogP contribution in [0.3, 0.4) is 0 Å². The van der Waals surface area contributed by atoms with Crippen molar-refractivity contribution in [2.24, 2.45) is 5.73 Å². The highest BCUT2D eigenvalue weighted by molar-refractivity contribution is 6.31. The Bertz CT molecular complexity index is 722. The minimum atomic E-state index is -0.551. The van der Waals surface area contributed by atoms with E-state index in [1.165, 1.54) is 11.9 Å². The standard InChI is InChI=1S/C15H17ClN4O2/c1-9-14(16)10(2)20(18-9)12-6-4-11(5-7-12)15(22)19(3)8-13(17)21/h4-7H,8H2,1-3H3,(H2,17,21). The lowest BCUT2D eigenvalue weighted by atomic mass is 10.2. The molecule has 0 spiro atoms. The Morgan fingerprint density at radius 2 is 1.86 bits per heavy atom. The van der Waals surface area contributed by atoms with Crippen LogP contribution < -0.4 is 5.73 Å². The van der Waals surface area contributed by atoms with Gasteiger partial charge in [0.2, 0.25) is 5.91 Å². The third kappa shape index (κ3) is 3.12. The normalized spacial score (nSPS) is 10.5. The van der Waals surface area contributed by atoms with E-state index < -0.39 is 5.91 Å². The molecule has 1 heterocycles. The van der Waals surface area contributed by atoms with Crippen LogP contribution in [0, 0.1) is 13.8 Å². The molecule has 2 N–H and O–H groups in total. The molecule has 2 rings (SSSR count). The second-order valence-corrected chi connectivity index (χ2v) is 5.45. The molecule has 22 heavy (non-hydrogen) atoms. The summed E-state index contributed by atoms with van der Waals surface area (Å²) in [6.45, 7) is 3.60. The van der Waals surface area contributed by atoms with Gasteiger partial charge in [-0.15, -0.1) is 0 Å². The molecule has 0 bridgehead atoms. The van der Waals surface area contributed by atoms with Crippen LogP contribution in [-0.2, 0) is 4.79 Å². The number of carbonyl (C=O) groups excluding carboxylic acids is 2. The van der Waals surface area contributed by atoms with E-state index in [0.717, 1.165) is 17.1 Å². The largest absolute Gasteiger partial charge is 0.368 e. The van der Waals surface area contributed by atoms with Crippen molar-refractivity contribution in [3.63, 3.8) is 0 Å². The zero-order chi connectivity index (χ0) is 16.4. The van der Waals surface area contributed by atoms with Crippen molar-refractivity contribution < 1.29 is 9.59 Å². The summed E-state index contributed by atoms with van der Waals surface area (Å²) < 4.78 is 1.72. The molecule has 0 fully saturated rings. The third-order valence-electron chi connectivity index (χ3n) is 3.30. The number of nitrogens with zero attached hydrogens (tertiary/aromatic N) is 3. The van der Waals surface area contributed by atoms with Gasteiger partial charge in [0.1, 0.15) is 0 Å². The fourth-order valence-corrected chi connectivity index (χ4v) is 2.26. The fourth-order valence-electron chi connectivity index (χ4n) is 2.15. The molecule has 0 radical (unpaired) electrons. The molecule has 0 unspecified atom stereocenters. The Hall–Kier alpha value is -2.34. The number of benzene rings is 1. The van der Waals surface area contributed by atoms with Crippen LogP contribution >= 0.6 is 11.6 Å². The number of hydrogen-bond donors (Lipinski definition) is 1. The lowest BCUT2D eigenvalue weighted by molar-refractivity contribution is -0.118. The number of halogens is 1. The molecule has 0 aliphatic heterocycles. The topological polar surface area (TPSA) is 81.2 Å². The number of nitrogens with two attached hydrogens (primary N) is 1. The molecule has 2 amide bonds. The first-order chi connectivity index (χ1) is 10.3. The molecular formula is C15H17ClN4O2. The molecule has 6 nitrogen and oxygen atoms in total. The van der Waals surface area contributed by atoms with Crippen molar-refractivity contribution in [3.8, 4) is 5.69 Å². The zero-order valence-corrected chi connectivity index (χ0v) is 13.4. The Kier molecular flexibility index (Phi) is 4.51. The van der Waals surface area contributed by atoms with E-state index in [2.05, 4.69) is 5.10 Å². The van der Waals surface area contributed by atoms with E-state index in [1.54, 1.807) is 28.9 Å². The van der Waals surface area contributed by atoms with Crippen LogP contribution in [0.1, 0.15) is 21.7 Å². The van der Waals surface area contributed by atoms with Crippen molar-refractivity contribution in [2.75, 3.05) is 13.6 Å². The Morgan fingerprint density at radius 3 is 2.32 bits per heavy atom. The van der Waals surface area contributed by atoms with E-state index in [0.29, 0.717) is 10.6 Å². The molecule has 7 heteroatoms. The Morgan fingerprint density at radius 1 is 1.27 bits per heavy atom. The van der Waals surface area contributed by atoms with Crippen molar-refractivity contribution in [1.82, 2.24) is 14.7 Å². The molecule has 2 aromatic rings. The van der Waals surface area contributed by atoms with Gasteiger partial charge in [0.15, 0.2) is 0 Å². The molecule has 0 saturated heterocycles. The lowest BCUT2D eigenvalue weighted by Gasteiger charge is -2.15. The van der Waals surface area contributed by atoms with E-state index in [-0.39, 0.29) is 12.5 Å². The van der Waals surface area contributed by atoms with Gasteiger partial charge in [0.25, 0.3) is 5.91 Å². The SMILES string of the molecule is Cc1nn(-c2ccc(C(=O)N(C)CC(N)=O)cc2)c(C)c1Cl. The number of rotatable bonds is 4. The molecular weight excluding hydrogens is 304 g/mol. The van der Waals surface area contributed by atoms with Crippen LogP contribution in [0.4, 0.5) is 0 Å². The fraction of sp³-hybridized carbons (Fsp3) is 0.267. The van der Waals surface area contributed by atoms with Crippen LogP contribution in [0.5, 0.6) is 0 Å². The predicted molar refractivity (Wildman–Crippen MR) is 84.2 cm³/mol. The molecule has 1 aromatic carbocycles. The molecule has 0 aliphatic rings. The first-order valence-corrected chi connectivity index (χ1v) is 7.05. The highest BCUT2D eigenvalue weighted by atomic mass is 35.5. The van der Waals surface area contributed by atoms with Gasteiger partial charge in [-0.2, -0.15) is 5.10 Å². The van der Waals surface area contributed by atoms with Crippen molar-refractivity contribution in [1.29, 1.82) is 0 Å². The van der Waals surface area contributed by atoms with E-state index >= 15 is 0 Å². The van der Waals surface area contributed by atoms with Crippen LogP contribution in [0.2, 0.25) is 5.02 Å². The van der Waals surface area contributed by atoms with Crippen molar-refractivity contribution in [3.05, 3.63) is 46.2 Å². The molecule has 0 saturated carbocycles. The van der Waals surface area contributed by atoms with Crippen LogP contribution in [0.25, 0.3) is 5.69 Å². The average molecular weight is 321 g/mol. The van der Waals surface area contributed by atoms with Gasteiger partial charge in [-0.3, -0.25) is 9.59 Å². The summed E-state index contributed by atoms with van der Waals surface area (Å²) in [7, 11) is 1.53. The number of aromatic nitrogens is 2. The van der Waals surface area contributed by atoms with Crippen LogP contribution in [-0.4, -0.2) is 40.1 Å². The number of primary amides is 1. The minimum Gasteiger partial charge on any atom is -0.368 e. The molecule has 1 aromatic heterocycles. The summed E-state index contributed by atoms with van der Waals surface area (Å²) >= 11 is 6.13. The number of aryl methyl sites for hydroxylation is 1. The number of amides is 2. The predicted octanol–water partition coefficient (Wildman–Crippen LogP) is 1.70. The van der Waals surface area contributed by atoms with Gasteiger partial charge >= 0.3 is 0 Å². The summed E-state index contributed by atoms with van der Waals surface area (Å²) in [5.41, 5.74) is 7.95. The number of carbonyl (C=O) groups is 2. The maximum Gasteiger partial charge on any atom is 0.254 e. The molecule has 0 aliphatic carbocycles. The van der Waals surface area contributed by atoms with E-state index in [1.807, 2.05) is 13.8 Å². The highest BCUT2D eigenvalue weighted by Crippen LogP contribution is 2.22. The first kappa shape index (κ1) is 16.0. The van der Waals surface area contributed by atoms with E-state index in [9.17, 15) is 9.59 Å². The van der Waals surface area contributed by atoms with Gasteiger partial charge in [-0.25, -0.2) is 4.68 Å². The average Bonchev–Trinajstić information content (AvgIpc) is 2.73. The molecule has 116 valence electrons. The van der Waals surface area contributed by atoms with Gasteiger partial charge in [0.05, 0.1) is 28.6 Å². The van der Waals surface area contributed by atoms with Gasteiger partial charge in [0, 0.05) is 12.6 Å². The summed E-state index contributed by atoms with van der Waals surface area (Å²) in [5, 5.41) is 4.98. The highest BCUT2D eigenvalue weighted by Gasteiger charge is 2.15. The summed E-state index contributed by atoms with van der Waals surface area (Å²) in [6, 6.07) is 6.92. The van der Waals surface area contributed by atoms with Gasteiger partial charge in [-0.1, -0.05) is 11.6 Å². The minimum absolute atomic E-state index is 0.117. The van der Waals surface area contributed by atoms with Crippen molar-refractivity contribution >= 4 is 23.4 Å². The molecule has 0 atom stereocenters. The second kappa shape index (κ2) is 6.19. The summed E-state index contributed by atoms with van der Waals surface area (Å²) in [6.07, 6.45) is 0. The third-order valence-corrected chi connectivity index (χ3v) is 3.85. The first-order valence-electron chi connectivity index (χ1n) is 6.67.